The summed E-state index contributed by atoms with van der Waals surface area (Å²) < 4.78 is 0. The van der Waals surface area contributed by atoms with E-state index >= 15 is 0 Å². The van der Waals surface area contributed by atoms with Crippen molar-refractivity contribution in [1.82, 2.24) is 0 Å². The van der Waals surface area contributed by atoms with Crippen molar-refractivity contribution < 1.29 is 9.59 Å². The van der Waals surface area contributed by atoms with Crippen molar-refractivity contribution in [2.45, 2.75) is 20.3 Å². The van der Waals surface area contributed by atoms with E-state index in [1.54, 1.807) is 24.3 Å². The van der Waals surface area contributed by atoms with Crippen molar-refractivity contribution in [2.24, 2.45) is 0 Å². The molecule has 0 N–H and O–H groups in total. The molecule has 0 atom stereocenters. The smallest absolute Gasteiger partial charge is 0.193 e. The van der Waals surface area contributed by atoms with Gasteiger partial charge in [0.25, 0.3) is 0 Å². The number of ketones is 2. The fraction of sp³-hybridized carbons (Fsp3) is 0.130. The standard InChI is InChI=1S/C23H20O2/c1-16-3-5-18(6-4-16)15-19-7-9-21(10-8-19)23(25)22-13-11-20(12-14-22)17(2)24/h3-14H,15H2,1-2H3. The lowest BCUT2D eigenvalue weighted by Crippen LogP contribution is -2.02. The molecule has 124 valence electrons. The Morgan fingerprint density at radius 2 is 1.04 bits per heavy atom. The molecule has 2 nitrogen and oxygen atoms in total. The second-order valence-corrected chi connectivity index (χ2v) is 6.32. The van der Waals surface area contributed by atoms with Gasteiger partial charge in [-0.3, -0.25) is 9.59 Å². The summed E-state index contributed by atoms with van der Waals surface area (Å²) in [6.07, 6.45) is 0.849. The number of carbonyl (C=O) groups is 2. The highest BCUT2D eigenvalue weighted by molar-refractivity contribution is 6.09. The number of rotatable bonds is 5. The van der Waals surface area contributed by atoms with Gasteiger partial charge in [-0.15, -0.1) is 0 Å². The Balaban J connectivity index is 1.73. The average Bonchev–Trinajstić information content (AvgIpc) is 2.64. The normalized spacial score (nSPS) is 10.5. The van der Waals surface area contributed by atoms with E-state index in [4.69, 9.17) is 0 Å². The average molecular weight is 328 g/mol. The van der Waals surface area contributed by atoms with Gasteiger partial charge in [-0.1, -0.05) is 78.4 Å². The van der Waals surface area contributed by atoms with Gasteiger partial charge in [-0.25, -0.2) is 0 Å². The van der Waals surface area contributed by atoms with E-state index in [1.165, 1.54) is 23.6 Å². The third-order valence-electron chi connectivity index (χ3n) is 4.30. The molecule has 0 aliphatic carbocycles. The van der Waals surface area contributed by atoms with Crippen LogP contribution in [0.25, 0.3) is 0 Å². The van der Waals surface area contributed by atoms with Crippen LogP contribution in [-0.2, 0) is 6.42 Å². The van der Waals surface area contributed by atoms with Gasteiger partial charge in [0, 0.05) is 16.7 Å². The van der Waals surface area contributed by atoms with Crippen molar-refractivity contribution >= 4 is 11.6 Å². The van der Waals surface area contributed by atoms with Gasteiger partial charge in [0.05, 0.1) is 0 Å². The van der Waals surface area contributed by atoms with Crippen LogP contribution in [0.2, 0.25) is 0 Å². The molecule has 0 bridgehead atoms. The maximum Gasteiger partial charge on any atom is 0.193 e. The van der Waals surface area contributed by atoms with E-state index in [2.05, 4.69) is 31.2 Å². The van der Waals surface area contributed by atoms with Gasteiger partial charge in [0.2, 0.25) is 0 Å². The Labute approximate surface area is 148 Å². The van der Waals surface area contributed by atoms with Gasteiger partial charge >= 0.3 is 0 Å². The number of hydrogen-bond acceptors (Lipinski definition) is 2. The molecule has 0 saturated carbocycles. The minimum Gasteiger partial charge on any atom is -0.295 e. The summed E-state index contributed by atoms with van der Waals surface area (Å²) in [7, 11) is 0. The lowest BCUT2D eigenvalue weighted by Gasteiger charge is -2.06. The van der Waals surface area contributed by atoms with Crippen LogP contribution in [0.4, 0.5) is 0 Å². The molecule has 0 aliphatic heterocycles. The number of benzene rings is 3. The Bertz CT molecular complexity index is 886. The fourth-order valence-electron chi connectivity index (χ4n) is 2.74. The molecule has 3 rings (SSSR count). The molecule has 0 amide bonds. The first-order chi connectivity index (χ1) is 12.0. The summed E-state index contributed by atoms with van der Waals surface area (Å²) in [6.45, 7) is 3.59. The van der Waals surface area contributed by atoms with Gasteiger partial charge in [-0.2, -0.15) is 0 Å². The summed E-state index contributed by atoms with van der Waals surface area (Å²) in [5.41, 5.74) is 5.54. The predicted octanol–water partition coefficient (Wildman–Crippen LogP) is 5.02. The van der Waals surface area contributed by atoms with Crippen LogP contribution in [0.15, 0.2) is 72.8 Å². The molecular weight excluding hydrogens is 308 g/mol. The largest absolute Gasteiger partial charge is 0.295 e. The van der Waals surface area contributed by atoms with Crippen molar-refractivity contribution in [3.8, 4) is 0 Å². The van der Waals surface area contributed by atoms with Crippen molar-refractivity contribution in [3.63, 3.8) is 0 Å². The second-order valence-electron chi connectivity index (χ2n) is 6.32. The Morgan fingerprint density at radius 3 is 1.52 bits per heavy atom. The van der Waals surface area contributed by atoms with Crippen LogP contribution in [-0.4, -0.2) is 11.6 Å². The van der Waals surface area contributed by atoms with Gasteiger partial charge in [-0.05, 0) is 31.4 Å². The zero-order chi connectivity index (χ0) is 17.8. The number of aryl methyl sites for hydroxylation is 1. The lowest BCUT2D eigenvalue weighted by molar-refractivity contribution is 0.101. The molecule has 0 unspecified atom stereocenters. The maximum atomic E-state index is 12.5. The summed E-state index contributed by atoms with van der Waals surface area (Å²) >= 11 is 0. The molecular formula is C23H20O2. The molecule has 0 heterocycles. The molecule has 0 saturated heterocycles. The Hall–Kier alpha value is -3.00. The van der Waals surface area contributed by atoms with E-state index in [0.29, 0.717) is 16.7 Å². The molecule has 0 spiro atoms. The summed E-state index contributed by atoms with van der Waals surface area (Å²) in [5, 5.41) is 0. The van der Waals surface area contributed by atoms with Crippen LogP contribution in [0.1, 0.15) is 49.9 Å². The first-order valence-corrected chi connectivity index (χ1v) is 8.33. The number of hydrogen-bond donors (Lipinski definition) is 0. The van der Waals surface area contributed by atoms with E-state index in [1.807, 2.05) is 24.3 Å². The first kappa shape index (κ1) is 16.8. The maximum absolute atomic E-state index is 12.5. The third-order valence-corrected chi connectivity index (χ3v) is 4.30. The zero-order valence-corrected chi connectivity index (χ0v) is 14.5. The molecule has 0 aromatic heterocycles. The molecule has 0 fully saturated rings. The van der Waals surface area contributed by atoms with Crippen LogP contribution in [0.3, 0.4) is 0 Å². The van der Waals surface area contributed by atoms with Crippen molar-refractivity contribution in [1.29, 1.82) is 0 Å². The number of Topliss-reactive ketones (excluding diaryl/α,β-unsaturated/α-hetero) is 1. The monoisotopic (exact) mass is 328 g/mol. The fourth-order valence-corrected chi connectivity index (χ4v) is 2.74. The molecule has 3 aromatic carbocycles. The highest BCUT2D eigenvalue weighted by atomic mass is 16.1. The van der Waals surface area contributed by atoms with E-state index in [0.717, 1.165) is 6.42 Å². The Kier molecular flexibility index (Phi) is 4.90. The number of carbonyl (C=O) groups excluding carboxylic acids is 2. The lowest BCUT2D eigenvalue weighted by atomic mass is 9.98. The molecule has 25 heavy (non-hydrogen) atoms. The van der Waals surface area contributed by atoms with Crippen LogP contribution in [0, 0.1) is 6.92 Å². The molecule has 2 heteroatoms. The molecule has 0 radical (unpaired) electrons. The Morgan fingerprint density at radius 1 is 0.640 bits per heavy atom. The van der Waals surface area contributed by atoms with E-state index in [9.17, 15) is 9.59 Å². The summed E-state index contributed by atoms with van der Waals surface area (Å²) in [4.78, 5) is 23.9. The van der Waals surface area contributed by atoms with E-state index < -0.39 is 0 Å². The zero-order valence-electron chi connectivity index (χ0n) is 14.5. The predicted molar refractivity (Wildman–Crippen MR) is 100 cm³/mol. The van der Waals surface area contributed by atoms with Gasteiger partial charge in [0.1, 0.15) is 0 Å². The minimum absolute atomic E-state index is 0.000502. The van der Waals surface area contributed by atoms with Crippen LogP contribution in [0.5, 0.6) is 0 Å². The third kappa shape index (κ3) is 4.10. The SMILES string of the molecule is CC(=O)c1ccc(C(=O)c2ccc(Cc3ccc(C)cc3)cc2)cc1. The molecule has 0 aliphatic rings. The van der Waals surface area contributed by atoms with Gasteiger partial charge < -0.3 is 0 Å². The first-order valence-electron chi connectivity index (χ1n) is 8.33. The van der Waals surface area contributed by atoms with Crippen LogP contribution < -0.4 is 0 Å². The van der Waals surface area contributed by atoms with Crippen LogP contribution >= 0.6 is 0 Å². The van der Waals surface area contributed by atoms with Crippen molar-refractivity contribution in [2.75, 3.05) is 0 Å². The summed E-state index contributed by atoms with van der Waals surface area (Å²) in [5.74, 6) is -0.0311. The second kappa shape index (κ2) is 7.27. The highest BCUT2D eigenvalue weighted by Gasteiger charge is 2.10. The quantitative estimate of drug-likeness (QED) is 0.616. The summed E-state index contributed by atoms with van der Waals surface area (Å²) in [6, 6.07) is 23.0. The van der Waals surface area contributed by atoms with Gasteiger partial charge in [0.15, 0.2) is 11.6 Å². The van der Waals surface area contributed by atoms with E-state index in [-0.39, 0.29) is 11.6 Å². The van der Waals surface area contributed by atoms with Crippen molar-refractivity contribution in [3.05, 3.63) is 106 Å². The highest BCUT2D eigenvalue weighted by Crippen LogP contribution is 2.15. The molecule has 3 aromatic rings. The minimum atomic E-state index is -0.0306. The topological polar surface area (TPSA) is 34.1 Å².